The number of esters is 1. The molecule has 0 aromatic carbocycles. The van der Waals surface area contributed by atoms with Gasteiger partial charge in [-0.15, -0.1) is 0 Å². The number of quaternary nitrogens is 1. The van der Waals surface area contributed by atoms with Crippen LogP contribution < -0.4 is 4.90 Å². The summed E-state index contributed by atoms with van der Waals surface area (Å²) < 4.78 is 37.1. The van der Waals surface area contributed by atoms with E-state index in [9.17, 15) is 17.8 Å². The van der Waals surface area contributed by atoms with Gasteiger partial charge in [0.1, 0.15) is 12.6 Å². The van der Waals surface area contributed by atoms with Crippen molar-refractivity contribution in [3.8, 4) is 0 Å². The fourth-order valence-electron chi connectivity index (χ4n) is 2.12. The van der Waals surface area contributed by atoms with Crippen molar-refractivity contribution in [1.82, 2.24) is 0 Å². The van der Waals surface area contributed by atoms with Crippen LogP contribution in [0.5, 0.6) is 0 Å². The molecule has 0 aromatic heterocycles. The Hall–Kier alpha value is -0.920. The molecule has 3 unspecified atom stereocenters. The Morgan fingerprint density at radius 2 is 1.90 bits per heavy atom. The molecule has 118 valence electrons. The summed E-state index contributed by atoms with van der Waals surface area (Å²) in [5, 5.41) is 0. The molecule has 0 fully saturated rings. The topological polar surface area (TPSA) is 87.9 Å². The van der Waals surface area contributed by atoms with Crippen molar-refractivity contribution in [3.05, 3.63) is 12.2 Å². The van der Waals surface area contributed by atoms with E-state index in [1.54, 1.807) is 6.92 Å². The van der Waals surface area contributed by atoms with Crippen LogP contribution in [0.1, 0.15) is 34.1 Å². The molecule has 20 heavy (non-hydrogen) atoms. The number of rotatable bonds is 9. The zero-order valence-corrected chi connectivity index (χ0v) is 13.5. The van der Waals surface area contributed by atoms with E-state index in [1.807, 2.05) is 20.8 Å². The molecule has 0 radical (unpaired) electrons. The van der Waals surface area contributed by atoms with Gasteiger partial charge in [-0.05, 0) is 27.7 Å². The van der Waals surface area contributed by atoms with Crippen molar-refractivity contribution in [2.45, 2.75) is 46.2 Å². The Labute approximate surface area is 121 Å². The summed E-state index contributed by atoms with van der Waals surface area (Å²) in [6.07, 6.45) is 0.299. The van der Waals surface area contributed by atoms with Crippen molar-refractivity contribution in [3.63, 3.8) is 0 Å². The maximum Gasteiger partial charge on any atom is 0.333 e. The predicted octanol–water partition coefficient (Wildman–Crippen LogP) is -0.277. The van der Waals surface area contributed by atoms with E-state index in [0.717, 1.165) is 11.4 Å². The Balaban J connectivity index is 4.42. The molecule has 0 spiro atoms. The number of hydrogen-bond acceptors (Lipinski definition) is 5. The molecule has 0 bridgehead atoms. The molecule has 0 aliphatic carbocycles. The van der Waals surface area contributed by atoms with Crippen LogP contribution in [0, 0.1) is 0 Å². The zero-order valence-electron chi connectivity index (χ0n) is 12.6. The third kappa shape index (κ3) is 7.62. The van der Waals surface area contributed by atoms with E-state index in [1.165, 1.54) is 0 Å². The van der Waals surface area contributed by atoms with E-state index >= 15 is 0 Å². The third-order valence-corrected chi connectivity index (χ3v) is 4.02. The van der Waals surface area contributed by atoms with Gasteiger partial charge in [0, 0.05) is 17.7 Å². The van der Waals surface area contributed by atoms with Crippen molar-refractivity contribution >= 4 is 16.1 Å². The standard InChI is InChI=1S/C13H25NO5S/c1-6-14(11(4)7-8-20(16,17)18)12(5)9-19-13(15)10(2)3/h11-12H,2,6-9H2,1,3-5H3,(H,16,17,18). The van der Waals surface area contributed by atoms with E-state index in [-0.39, 0.29) is 24.4 Å². The molecular weight excluding hydrogens is 282 g/mol. The summed E-state index contributed by atoms with van der Waals surface area (Å²) in [7, 11) is -4.18. The lowest BCUT2D eigenvalue weighted by molar-refractivity contribution is -0.944. The lowest BCUT2D eigenvalue weighted by Gasteiger charge is -2.30. The first-order valence-electron chi connectivity index (χ1n) is 6.70. The zero-order chi connectivity index (χ0) is 15.9. The van der Waals surface area contributed by atoms with Crippen LogP contribution in [-0.2, 0) is 19.6 Å². The Morgan fingerprint density at radius 1 is 1.35 bits per heavy atom. The van der Waals surface area contributed by atoms with Gasteiger partial charge in [-0.25, -0.2) is 13.2 Å². The molecule has 0 amide bonds. The minimum atomic E-state index is -4.18. The fraction of sp³-hybridized carbons (Fsp3) is 0.769. The molecule has 3 atom stereocenters. The van der Waals surface area contributed by atoms with Crippen LogP contribution in [0.25, 0.3) is 0 Å². The maximum absolute atomic E-state index is 11.3. The monoisotopic (exact) mass is 307 g/mol. The van der Waals surface area contributed by atoms with Gasteiger partial charge in [0.2, 0.25) is 0 Å². The van der Waals surface area contributed by atoms with Gasteiger partial charge in [-0.2, -0.15) is 0 Å². The Morgan fingerprint density at radius 3 is 2.30 bits per heavy atom. The number of carbonyl (C=O) groups is 1. The summed E-state index contributed by atoms with van der Waals surface area (Å²) in [4.78, 5) is 12.4. The summed E-state index contributed by atoms with van der Waals surface area (Å²) in [5.74, 6) is -0.794. The van der Waals surface area contributed by atoms with E-state index in [2.05, 4.69) is 6.58 Å². The van der Waals surface area contributed by atoms with Gasteiger partial charge in [-0.3, -0.25) is 0 Å². The van der Waals surface area contributed by atoms with Gasteiger partial charge in [0.15, 0.2) is 0 Å². The molecule has 0 heterocycles. The van der Waals surface area contributed by atoms with Crippen molar-refractivity contribution in [2.24, 2.45) is 0 Å². The normalized spacial score (nSPS) is 16.2. The van der Waals surface area contributed by atoms with Gasteiger partial charge in [0.05, 0.1) is 22.7 Å². The molecule has 0 rings (SSSR count). The second-order valence-corrected chi connectivity index (χ2v) is 6.68. The van der Waals surface area contributed by atoms with Gasteiger partial charge >= 0.3 is 5.97 Å². The quantitative estimate of drug-likeness (QED) is 0.360. The highest BCUT2D eigenvalue weighted by Gasteiger charge is 2.24. The van der Waals surface area contributed by atoms with Crippen molar-refractivity contribution < 1.29 is 27.4 Å². The van der Waals surface area contributed by atoms with E-state index in [0.29, 0.717) is 12.0 Å². The highest BCUT2D eigenvalue weighted by Crippen LogP contribution is 1.96. The van der Waals surface area contributed by atoms with Crippen LogP contribution in [-0.4, -0.2) is 49.9 Å². The molecule has 0 saturated heterocycles. The Bertz CT molecular complexity index is 432. The summed E-state index contributed by atoms with van der Waals surface area (Å²) in [5.41, 5.74) is 0.348. The van der Waals surface area contributed by atoms with Crippen molar-refractivity contribution in [2.75, 3.05) is 18.9 Å². The molecule has 0 aliphatic heterocycles. The highest BCUT2D eigenvalue weighted by atomic mass is 32.2. The first-order chi connectivity index (χ1) is 9.08. The highest BCUT2D eigenvalue weighted by molar-refractivity contribution is 7.85. The van der Waals surface area contributed by atoms with E-state index in [4.69, 9.17) is 4.74 Å². The molecule has 1 N–H and O–H groups in total. The van der Waals surface area contributed by atoms with Gasteiger partial charge in [0.25, 0.3) is 0 Å². The maximum atomic E-state index is 11.3. The van der Waals surface area contributed by atoms with Crippen LogP contribution in [0.15, 0.2) is 12.2 Å². The first-order valence-corrected chi connectivity index (χ1v) is 8.28. The largest absolute Gasteiger partial charge is 0.748 e. The number of nitrogens with one attached hydrogen (secondary N) is 1. The van der Waals surface area contributed by atoms with Crippen LogP contribution in [0.2, 0.25) is 0 Å². The van der Waals surface area contributed by atoms with Crippen LogP contribution in [0.4, 0.5) is 0 Å². The van der Waals surface area contributed by atoms with Gasteiger partial charge < -0.3 is 14.2 Å². The molecule has 0 aliphatic rings. The van der Waals surface area contributed by atoms with E-state index < -0.39 is 16.1 Å². The van der Waals surface area contributed by atoms with Crippen LogP contribution in [0.3, 0.4) is 0 Å². The third-order valence-electron chi connectivity index (χ3n) is 3.29. The molecule has 0 saturated carbocycles. The lowest BCUT2D eigenvalue weighted by Crippen LogP contribution is -3.18. The minimum Gasteiger partial charge on any atom is -0.748 e. The Kier molecular flexibility index (Phi) is 8.00. The molecule has 7 heteroatoms. The average Bonchev–Trinajstić information content (AvgIpc) is 2.33. The summed E-state index contributed by atoms with van der Waals surface area (Å²) in [6, 6.07) is 0.0231. The minimum absolute atomic E-state index is 0.00209. The summed E-state index contributed by atoms with van der Waals surface area (Å²) in [6.45, 7) is 11.9. The average molecular weight is 307 g/mol. The molecular formula is C13H25NO5S. The number of likely N-dealkylation sites (N-methyl/N-ethyl adjacent to an activating group) is 1. The first kappa shape index (κ1) is 19.1. The lowest BCUT2D eigenvalue weighted by atomic mass is 10.1. The van der Waals surface area contributed by atoms with Crippen molar-refractivity contribution in [1.29, 1.82) is 0 Å². The van der Waals surface area contributed by atoms with Gasteiger partial charge in [-0.1, -0.05) is 6.58 Å². The number of hydrogen-bond donors (Lipinski definition) is 1. The number of carbonyl (C=O) groups excluding carboxylic acids is 1. The SMILES string of the molecule is C=C(C)C(=O)OCC(C)[NH+](CC)C(C)CCS(=O)(=O)[O-]. The predicted molar refractivity (Wildman–Crippen MR) is 75.4 cm³/mol. The summed E-state index contributed by atoms with van der Waals surface area (Å²) >= 11 is 0. The second-order valence-electron chi connectivity index (χ2n) is 5.16. The second kappa shape index (κ2) is 8.39. The molecule has 0 aromatic rings. The number of ether oxygens (including phenoxy) is 1. The fourth-order valence-corrected chi connectivity index (χ4v) is 2.76. The van der Waals surface area contributed by atoms with Crippen LogP contribution >= 0.6 is 0 Å². The molecule has 6 nitrogen and oxygen atoms in total. The smallest absolute Gasteiger partial charge is 0.333 e.